The molecule has 1 aliphatic heterocycles. The minimum atomic E-state index is 0.0328. The number of aromatic nitrogens is 1. The number of nitrogens with one attached hydrogen (secondary N) is 1. The molecule has 3 aromatic heterocycles. The standard InChI is InChI=1S/C26H20BN6S2/c28-25(23-3-1-9-34-23)32-15-5-7-21-17(11-15)19(13-30-21)27-20-14-31-22-8-6-16(12-18(20)22)33-26(29)24-4-2-10-35-24/h1-14,19,31H,(H2,28,32)(H2,29,33). The van der Waals surface area contributed by atoms with Crippen LogP contribution in [0, 0.1) is 0 Å². The predicted molar refractivity (Wildman–Crippen MR) is 150 cm³/mol. The number of benzene rings is 2. The molecule has 5 aromatic rings. The Labute approximate surface area is 211 Å². The van der Waals surface area contributed by atoms with Gasteiger partial charge in [0.2, 0.25) is 0 Å². The van der Waals surface area contributed by atoms with E-state index < -0.39 is 0 Å². The van der Waals surface area contributed by atoms with Crippen molar-refractivity contribution in [3.63, 3.8) is 0 Å². The highest BCUT2D eigenvalue weighted by molar-refractivity contribution is 7.12. The summed E-state index contributed by atoms with van der Waals surface area (Å²) in [5.74, 6) is 1.07. The third kappa shape index (κ3) is 4.31. The lowest BCUT2D eigenvalue weighted by molar-refractivity contribution is 1.33. The Morgan fingerprint density at radius 2 is 1.57 bits per heavy atom. The van der Waals surface area contributed by atoms with E-state index in [1.807, 2.05) is 71.7 Å². The number of aliphatic imine (C=N–C) groups is 3. The predicted octanol–water partition coefficient (Wildman–Crippen LogP) is 5.15. The van der Waals surface area contributed by atoms with Gasteiger partial charge in [0.15, 0.2) is 7.28 Å². The fourth-order valence-electron chi connectivity index (χ4n) is 4.14. The van der Waals surface area contributed by atoms with Crippen LogP contribution in [-0.2, 0) is 0 Å². The first-order chi connectivity index (χ1) is 17.1. The molecular weight excluding hydrogens is 471 g/mol. The van der Waals surface area contributed by atoms with Gasteiger partial charge >= 0.3 is 0 Å². The average molecular weight is 491 g/mol. The number of nitrogens with zero attached hydrogens (tertiary/aromatic N) is 3. The van der Waals surface area contributed by atoms with Gasteiger partial charge in [0, 0.05) is 11.7 Å². The zero-order valence-electron chi connectivity index (χ0n) is 18.6. The van der Waals surface area contributed by atoms with Crippen molar-refractivity contribution in [1.29, 1.82) is 0 Å². The van der Waals surface area contributed by atoms with Gasteiger partial charge in [-0.3, -0.25) is 4.99 Å². The molecule has 0 fully saturated rings. The molecule has 1 aliphatic rings. The number of hydrogen-bond donors (Lipinski definition) is 3. The molecular formula is C26H20BN6S2. The van der Waals surface area contributed by atoms with Crippen LogP contribution in [0.1, 0.15) is 21.1 Å². The van der Waals surface area contributed by atoms with Crippen LogP contribution in [0.3, 0.4) is 0 Å². The lowest BCUT2D eigenvalue weighted by atomic mass is 9.57. The van der Waals surface area contributed by atoms with Crippen molar-refractivity contribution >= 4 is 81.3 Å². The Morgan fingerprint density at radius 3 is 2.26 bits per heavy atom. The van der Waals surface area contributed by atoms with Gasteiger partial charge in [-0.15, -0.1) is 22.7 Å². The Kier molecular flexibility index (Phi) is 5.56. The Balaban J connectivity index is 1.28. The molecule has 0 bridgehead atoms. The number of fused-ring (bicyclic) bond motifs is 2. The van der Waals surface area contributed by atoms with Gasteiger partial charge in [-0.05, 0) is 82.3 Å². The lowest BCUT2D eigenvalue weighted by Crippen LogP contribution is -2.21. The van der Waals surface area contributed by atoms with E-state index in [0.717, 1.165) is 48.7 Å². The first-order valence-electron chi connectivity index (χ1n) is 11.0. The summed E-state index contributed by atoms with van der Waals surface area (Å²) in [6.45, 7) is 0. The molecule has 0 spiro atoms. The maximum Gasteiger partial charge on any atom is 0.170 e. The van der Waals surface area contributed by atoms with Gasteiger partial charge in [-0.25, -0.2) is 9.98 Å². The van der Waals surface area contributed by atoms with E-state index in [-0.39, 0.29) is 5.82 Å². The van der Waals surface area contributed by atoms with Crippen LogP contribution in [0.2, 0.25) is 0 Å². The van der Waals surface area contributed by atoms with Gasteiger partial charge in [-0.2, -0.15) is 0 Å². The van der Waals surface area contributed by atoms with Gasteiger partial charge < -0.3 is 16.5 Å². The Bertz CT molecular complexity index is 1600. The maximum atomic E-state index is 6.20. The molecule has 0 aliphatic carbocycles. The van der Waals surface area contributed by atoms with E-state index in [1.54, 1.807) is 22.7 Å². The number of hydrogen-bond acceptors (Lipinski definition) is 5. The van der Waals surface area contributed by atoms with Crippen molar-refractivity contribution in [3.8, 4) is 0 Å². The van der Waals surface area contributed by atoms with E-state index in [0.29, 0.717) is 11.7 Å². The van der Waals surface area contributed by atoms with E-state index in [1.165, 1.54) is 0 Å². The highest BCUT2D eigenvalue weighted by Gasteiger charge is 2.22. The molecule has 2 aromatic carbocycles. The normalized spacial score (nSPS) is 15.6. The number of nitrogens with two attached hydrogens (primary N) is 2. The first kappa shape index (κ1) is 21.6. The first-order valence-corrected chi connectivity index (χ1v) is 12.8. The topological polar surface area (TPSA) is 105 Å². The third-order valence-electron chi connectivity index (χ3n) is 5.85. The summed E-state index contributed by atoms with van der Waals surface area (Å²) in [5.41, 5.74) is 18.2. The summed E-state index contributed by atoms with van der Waals surface area (Å²) in [4.78, 5) is 19.1. The molecule has 6 nitrogen and oxygen atoms in total. The second-order valence-electron chi connectivity index (χ2n) is 8.14. The molecule has 0 saturated carbocycles. The summed E-state index contributed by atoms with van der Waals surface area (Å²) in [6.07, 6.45) is 3.99. The fraction of sp³-hybridized carbons (Fsp3) is 0.0385. The van der Waals surface area contributed by atoms with Crippen molar-refractivity contribution in [2.24, 2.45) is 26.4 Å². The third-order valence-corrected chi connectivity index (χ3v) is 7.63. The van der Waals surface area contributed by atoms with E-state index in [9.17, 15) is 0 Å². The number of aromatic amines is 1. The van der Waals surface area contributed by atoms with E-state index in [4.69, 9.17) is 11.5 Å². The van der Waals surface area contributed by atoms with E-state index >= 15 is 0 Å². The van der Waals surface area contributed by atoms with E-state index in [2.05, 4.69) is 39.4 Å². The maximum absolute atomic E-state index is 6.20. The van der Waals surface area contributed by atoms with Gasteiger partial charge in [0.1, 0.15) is 11.7 Å². The van der Waals surface area contributed by atoms with Crippen LogP contribution in [0.15, 0.2) is 92.6 Å². The highest BCUT2D eigenvalue weighted by Crippen LogP contribution is 2.35. The number of H-pyrrole nitrogens is 1. The van der Waals surface area contributed by atoms with Crippen LogP contribution >= 0.6 is 22.7 Å². The summed E-state index contributed by atoms with van der Waals surface area (Å²) in [6, 6.07) is 20.0. The number of amidine groups is 2. The molecule has 169 valence electrons. The fourth-order valence-corrected chi connectivity index (χ4v) is 5.39. The van der Waals surface area contributed by atoms with Crippen molar-refractivity contribution in [3.05, 3.63) is 92.9 Å². The van der Waals surface area contributed by atoms with Gasteiger partial charge in [0.05, 0.1) is 26.8 Å². The molecule has 6 rings (SSSR count). The second kappa shape index (κ2) is 9.01. The van der Waals surface area contributed by atoms with Crippen molar-refractivity contribution in [1.82, 2.24) is 4.98 Å². The quantitative estimate of drug-likeness (QED) is 0.174. The molecule has 9 heteroatoms. The molecule has 0 saturated heterocycles. The summed E-state index contributed by atoms with van der Waals surface area (Å²) in [7, 11) is 2.21. The van der Waals surface area contributed by atoms with Crippen molar-refractivity contribution < 1.29 is 0 Å². The minimum Gasteiger partial charge on any atom is -0.383 e. The molecule has 1 radical (unpaired) electrons. The van der Waals surface area contributed by atoms with Crippen LogP contribution < -0.4 is 16.9 Å². The van der Waals surface area contributed by atoms with Crippen LogP contribution in [0.25, 0.3) is 10.9 Å². The summed E-state index contributed by atoms with van der Waals surface area (Å²) < 4.78 is 0. The molecule has 1 unspecified atom stereocenters. The van der Waals surface area contributed by atoms with Crippen LogP contribution in [0.4, 0.5) is 17.1 Å². The van der Waals surface area contributed by atoms with Crippen molar-refractivity contribution in [2.45, 2.75) is 5.82 Å². The zero-order valence-corrected chi connectivity index (χ0v) is 20.2. The van der Waals surface area contributed by atoms with Gasteiger partial charge in [-0.1, -0.05) is 17.6 Å². The Hall–Kier alpha value is -3.95. The monoisotopic (exact) mass is 491 g/mol. The molecule has 5 N–H and O–H groups in total. The molecule has 35 heavy (non-hydrogen) atoms. The minimum absolute atomic E-state index is 0.0328. The largest absolute Gasteiger partial charge is 0.383 e. The Morgan fingerprint density at radius 1 is 0.886 bits per heavy atom. The molecule has 4 heterocycles. The zero-order chi connectivity index (χ0) is 23.8. The summed E-state index contributed by atoms with van der Waals surface area (Å²) in [5, 5.41) is 5.07. The average Bonchev–Trinajstić information content (AvgIpc) is 3.67. The lowest BCUT2D eigenvalue weighted by Gasteiger charge is -2.09. The SMILES string of the molecule is NC(=Nc1ccc2c(c1)C([B]c1c[nH]c3ccc(N=C(N)c4cccs4)cc13)C=N2)c1cccs1. The summed E-state index contributed by atoms with van der Waals surface area (Å²) >= 11 is 3.16. The smallest absolute Gasteiger partial charge is 0.170 e. The molecule has 1 atom stereocenters. The van der Waals surface area contributed by atoms with Gasteiger partial charge in [0.25, 0.3) is 0 Å². The second-order valence-corrected chi connectivity index (χ2v) is 10.0. The number of thiophene rings is 2. The highest BCUT2D eigenvalue weighted by atomic mass is 32.1. The van der Waals surface area contributed by atoms with Crippen molar-refractivity contribution in [2.75, 3.05) is 0 Å². The molecule has 0 amide bonds. The van der Waals surface area contributed by atoms with Crippen LogP contribution in [-0.4, -0.2) is 30.1 Å². The van der Waals surface area contributed by atoms with Crippen LogP contribution in [0.5, 0.6) is 0 Å². The number of rotatable bonds is 6.